The van der Waals surface area contributed by atoms with Gasteiger partial charge < -0.3 is 5.11 Å². The summed E-state index contributed by atoms with van der Waals surface area (Å²) in [4.78, 5) is 16.6. The van der Waals surface area contributed by atoms with Crippen LogP contribution in [0.25, 0.3) is 10.8 Å². The van der Waals surface area contributed by atoms with E-state index in [9.17, 15) is 9.90 Å². The lowest BCUT2D eigenvalue weighted by Gasteiger charge is -2.08. The van der Waals surface area contributed by atoms with Gasteiger partial charge in [0.05, 0.1) is 5.56 Å². The van der Waals surface area contributed by atoms with Gasteiger partial charge in [-0.3, -0.25) is 0 Å². The number of carbonyl (C=O) groups is 1. The van der Waals surface area contributed by atoms with Crippen molar-refractivity contribution < 1.29 is 9.90 Å². The Labute approximate surface area is 120 Å². The molecule has 0 aliphatic heterocycles. The number of benzene rings is 2. The van der Waals surface area contributed by atoms with Gasteiger partial charge in [-0.1, -0.05) is 42.1 Å². The normalized spacial score (nSPS) is 10.6. The third-order valence-corrected chi connectivity index (χ3v) is 3.99. The number of hydrogen-bond donors (Lipinski definition) is 1. The van der Waals surface area contributed by atoms with Gasteiger partial charge in [-0.25, -0.2) is 9.78 Å². The van der Waals surface area contributed by atoms with Gasteiger partial charge in [-0.15, -0.1) is 0 Å². The van der Waals surface area contributed by atoms with Crippen LogP contribution in [0.4, 0.5) is 0 Å². The smallest absolute Gasteiger partial charge is 0.336 e. The van der Waals surface area contributed by atoms with Gasteiger partial charge in [-0.2, -0.15) is 0 Å². The van der Waals surface area contributed by atoms with E-state index >= 15 is 0 Å². The summed E-state index contributed by atoms with van der Waals surface area (Å²) in [7, 11) is 0. The van der Waals surface area contributed by atoms with Crippen LogP contribution in [-0.4, -0.2) is 16.1 Å². The molecule has 0 radical (unpaired) electrons. The summed E-state index contributed by atoms with van der Waals surface area (Å²) in [6.07, 6.45) is 1.75. The average Bonchev–Trinajstić information content (AvgIpc) is 2.48. The van der Waals surface area contributed by atoms with Gasteiger partial charge in [0.1, 0.15) is 5.03 Å². The fourth-order valence-electron chi connectivity index (χ4n) is 2.07. The molecule has 1 N–H and O–H groups in total. The maximum atomic E-state index is 11.3. The van der Waals surface area contributed by atoms with Crippen LogP contribution in [0.2, 0.25) is 0 Å². The molecule has 0 amide bonds. The van der Waals surface area contributed by atoms with E-state index in [1.54, 1.807) is 12.3 Å². The number of aromatic nitrogens is 1. The van der Waals surface area contributed by atoms with Crippen molar-refractivity contribution in [2.75, 3.05) is 0 Å². The lowest BCUT2D eigenvalue weighted by molar-refractivity contribution is 0.0699. The van der Waals surface area contributed by atoms with Gasteiger partial charge in [0, 0.05) is 11.1 Å². The van der Waals surface area contributed by atoms with Gasteiger partial charge in [0.25, 0.3) is 0 Å². The van der Waals surface area contributed by atoms with Crippen molar-refractivity contribution in [1.29, 1.82) is 0 Å². The van der Waals surface area contributed by atoms with E-state index in [-0.39, 0.29) is 0 Å². The first-order valence-corrected chi connectivity index (χ1v) is 6.91. The van der Waals surface area contributed by atoms with Crippen molar-refractivity contribution in [1.82, 2.24) is 4.98 Å². The van der Waals surface area contributed by atoms with Crippen LogP contribution < -0.4 is 0 Å². The van der Waals surface area contributed by atoms with Crippen molar-refractivity contribution in [3.05, 3.63) is 66.4 Å². The van der Waals surface area contributed by atoms with Crippen LogP contribution in [0, 0.1) is 0 Å². The van der Waals surface area contributed by atoms with Crippen molar-refractivity contribution in [2.24, 2.45) is 0 Å². The highest BCUT2D eigenvalue weighted by Gasteiger charge is 2.11. The van der Waals surface area contributed by atoms with Gasteiger partial charge in [-0.05, 0) is 35.0 Å². The van der Waals surface area contributed by atoms with E-state index in [1.807, 2.05) is 48.5 Å². The quantitative estimate of drug-likeness (QED) is 0.785. The number of hydrogen-bond acceptors (Lipinski definition) is 3. The Morgan fingerprint density at radius 1 is 0.950 bits per heavy atom. The van der Waals surface area contributed by atoms with Crippen molar-refractivity contribution >= 4 is 28.5 Å². The Morgan fingerprint density at radius 3 is 2.40 bits per heavy atom. The van der Waals surface area contributed by atoms with E-state index in [0.717, 1.165) is 20.7 Å². The minimum absolute atomic E-state index is 0.325. The van der Waals surface area contributed by atoms with Crippen LogP contribution in [0.1, 0.15) is 10.4 Å². The highest BCUT2D eigenvalue weighted by atomic mass is 32.2. The second-order valence-corrected chi connectivity index (χ2v) is 5.29. The number of aromatic carboxylic acids is 1. The second-order valence-electron chi connectivity index (χ2n) is 4.23. The first-order chi connectivity index (χ1) is 9.75. The Hall–Kier alpha value is -2.33. The summed E-state index contributed by atoms with van der Waals surface area (Å²) in [6.45, 7) is 0. The molecule has 98 valence electrons. The molecule has 3 rings (SSSR count). The van der Waals surface area contributed by atoms with Gasteiger partial charge >= 0.3 is 5.97 Å². The highest BCUT2D eigenvalue weighted by Crippen LogP contribution is 2.33. The number of nitrogens with zero attached hydrogens (tertiary/aromatic N) is 1. The van der Waals surface area contributed by atoms with E-state index < -0.39 is 5.97 Å². The van der Waals surface area contributed by atoms with Crippen LogP contribution in [-0.2, 0) is 0 Å². The lowest BCUT2D eigenvalue weighted by atomic mass is 10.0. The highest BCUT2D eigenvalue weighted by molar-refractivity contribution is 7.99. The molecule has 1 heterocycles. The lowest BCUT2D eigenvalue weighted by Crippen LogP contribution is -1.97. The average molecular weight is 281 g/mol. The third kappa shape index (κ3) is 2.38. The molecule has 20 heavy (non-hydrogen) atoms. The van der Waals surface area contributed by atoms with Crippen molar-refractivity contribution in [3.8, 4) is 0 Å². The molecule has 0 unspecified atom stereocenters. The minimum atomic E-state index is -0.907. The van der Waals surface area contributed by atoms with Crippen LogP contribution in [0.3, 0.4) is 0 Å². The number of carboxylic acid groups (broad SMARTS) is 1. The maximum Gasteiger partial charge on any atom is 0.336 e. The third-order valence-electron chi connectivity index (χ3n) is 2.97. The number of pyridine rings is 1. The predicted molar refractivity (Wildman–Crippen MR) is 79.3 cm³/mol. The van der Waals surface area contributed by atoms with E-state index in [4.69, 9.17) is 0 Å². The Bertz CT molecular complexity index is 772. The first-order valence-electron chi connectivity index (χ1n) is 6.09. The molecule has 0 saturated carbocycles. The van der Waals surface area contributed by atoms with E-state index in [0.29, 0.717) is 5.56 Å². The summed E-state index contributed by atoms with van der Waals surface area (Å²) in [5.74, 6) is -0.907. The number of carboxylic acids is 1. The largest absolute Gasteiger partial charge is 0.478 e. The SMILES string of the molecule is O=C(O)c1ccc(Sc2ccccn2)c2ccccc12. The monoisotopic (exact) mass is 281 g/mol. The summed E-state index contributed by atoms with van der Waals surface area (Å²) in [5, 5.41) is 11.8. The van der Waals surface area contributed by atoms with E-state index in [2.05, 4.69) is 4.98 Å². The fraction of sp³-hybridized carbons (Fsp3) is 0. The molecule has 0 atom stereocenters. The summed E-state index contributed by atoms with van der Waals surface area (Å²) >= 11 is 1.53. The van der Waals surface area contributed by atoms with Gasteiger partial charge in [0.2, 0.25) is 0 Å². The molecule has 0 bridgehead atoms. The molecule has 0 fully saturated rings. The topological polar surface area (TPSA) is 50.2 Å². The molecular formula is C16H11NO2S. The molecule has 3 nitrogen and oxygen atoms in total. The van der Waals surface area contributed by atoms with Crippen molar-refractivity contribution in [3.63, 3.8) is 0 Å². The van der Waals surface area contributed by atoms with Gasteiger partial charge in [0.15, 0.2) is 0 Å². The zero-order chi connectivity index (χ0) is 13.9. The van der Waals surface area contributed by atoms with Crippen LogP contribution in [0.5, 0.6) is 0 Å². The molecule has 0 aliphatic carbocycles. The molecule has 0 spiro atoms. The van der Waals surface area contributed by atoms with Crippen molar-refractivity contribution in [2.45, 2.75) is 9.92 Å². The molecule has 0 saturated heterocycles. The van der Waals surface area contributed by atoms with Crippen LogP contribution >= 0.6 is 11.8 Å². The molecular weight excluding hydrogens is 270 g/mol. The zero-order valence-corrected chi connectivity index (χ0v) is 11.3. The predicted octanol–water partition coefficient (Wildman–Crippen LogP) is 4.08. The fourth-order valence-corrected chi connectivity index (χ4v) is 2.98. The minimum Gasteiger partial charge on any atom is -0.478 e. The molecule has 2 aromatic carbocycles. The summed E-state index contributed by atoms with van der Waals surface area (Å²) < 4.78 is 0. The standard InChI is InChI=1S/C16H11NO2S/c18-16(19)13-8-9-14(12-6-2-1-5-11(12)13)20-15-7-3-4-10-17-15/h1-10H,(H,18,19). The Morgan fingerprint density at radius 2 is 1.70 bits per heavy atom. The summed E-state index contributed by atoms with van der Waals surface area (Å²) in [6, 6.07) is 16.8. The molecule has 4 heteroatoms. The summed E-state index contributed by atoms with van der Waals surface area (Å²) in [5.41, 5.74) is 0.325. The Balaban J connectivity index is 2.13. The second kappa shape index (κ2) is 5.35. The van der Waals surface area contributed by atoms with Crippen LogP contribution in [0.15, 0.2) is 70.7 Å². The Kier molecular flexibility index (Phi) is 3.39. The molecule has 3 aromatic rings. The zero-order valence-electron chi connectivity index (χ0n) is 10.5. The molecule has 1 aromatic heterocycles. The number of rotatable bonds is 3. The van der Waals surface area contributed by atoms with E-state index in [1.165, 1.54) is 11.8 Å². The first kappa shape index (κ1) is 12.7. The maximum absolute atomic E-state index is 11.3. The number of fused-ring (bicyclic) bond motifs is 1. The molecule has 0 aliphatic rings.